The minimum atomic E-state index is 0.435. The monoisotopic (exact) mass is 286 g/mol. The Labute approximate surface area is 129 Å². The minimum Gasteiger partial charge on any atom is -0.329 e. The average Bonchev–Trinajstić information content (AvgIpc) is 3.35. The van der Waals surface area contributed by atoms with Crippen molar-refractivity contribution in [1.82, 2.24) is 4.90 Å². The van der Waals surface area contributed by atoms with Crippen LogP contribution in [0.15, 0.2) is 24.3 Å². The van der Waals surface area contributed by atoms with E-state index in [2.05, 4.69) is 36.1 Å². The molecular formula is C19H30N2. The van der Waals surface area contributed by atoms with Crippen LogP contribution in [0.25, 0.3) is 0 Å². The molecule has 3 rings (SSSR count). The van der Waals surface area contributed by atoms with Crippen LogP contribution < -0.4 is 5.73 Å². The van der Waals surface area contributed by atoms with Gasteiger partial charge >= 0.3 is 0 Å². The fraction of sp³-hybridized carbons (Fsp3) is 0.684. The number of rotatable bonds is 6. The Morgan fingerprint density at radius 3 is 2.48 bits per heavy atom. The number of hydrogen-bond acceptors (Lipinski definition) is 2. The van der Waals surface area contributed by atoms with Crippen molar-refractivity contribution in [2.24, 2.45) is 11.7 Å². The van der Waals surface area contributed by atoms with Crippen molar-refractivity contribution in [2.75, 3.05) is 19.6 Å². The first-order valence-corrected chi connectivity index (χ1v) is 8.86. The maximum Gasteiger partial charge on any atom is 0.0473 e. The first-order chi connectivity index (χ1) is 10.3. The first-order valence-electron chi connectivity index (χ1n) is 8.86. The molecule has 0 spiro atoms. The summed E-state index contributed by atoms with van der Waals surface area (Å²) in [7, 11) is 0. The topological polar surface area (TPSA) is 29.3 Å². The molecule has 1 heterocycles. The predicted octanol–water partition coefficient (Wildman–Crippen LogP) is 4.08. The van der Waals surface area contributed by atoms with E-state index < -0.39 is 0 Å². The molecule has 2 N–H and O–H groups in total. The molecule has 1 saturated carbocycles. The summed E-state index contributed by atoms with van der Waals surface area (Å²) in [5, 5.41) is 0. The van der Waals surface area contributed by atoms with Crippen molar-refractivity contribution in [2.45, 2.75) is 57.4 Å². The van der Waals surface area contributed by atoms with Crippen LogP contribution in [-0.4, -0.2) is 24.5 Å². The molecule has 0 aromatic heterocycles. The molecule has 21 heavy (non-hydrogen) atoms. The highest BCUT2D eigenvalue weighted by Crippen LogP contribution is 2.44. The molecule has 2 heteroatoms. The van der Waals surface area contributed by atoms with Gasteiger partial charge in [-0.3, -0.25) is 4.90 Å². The second kappa shape index (κ2) is 6.93. The van der Waals surface area contributed by atoms with Gasteiger partial charge in [0.1, 0.15) is 0 Å². The molecule has 2 nitrogen and oxygen atoms in total. The third-order valence-electron chi connectivity index (χ3n) is 5.38. The summed E-state index contributed by atoms with van der Waals surface area (Å²) in [5.41, 5.74) is 9.26. The number of likely N-dealkylation sites (tertiary alicyclic amines) is 1. The summed E-state index contributed by atoms with van der Waals surface area (Å²) in [5.74, 6) is 1.76. The maximum absolute atomic E-state index is 6.18. The molecule has 0 amide bonds. The Morgan fingerprint density at radius 2 is 1.86 bits per heavy atom. The van der Waals surface area contributed by atoms with Crippen LogP contribution in [0.3, 0.4) is 0 Å². The highest BCUT2D eigenvalue weighted by Gasteiger charge is 2.31. The molecule has 1 aliphatic heterocycles. The number of nitrogens with zero attached hydrogens (tertiary/aromatic N) is 1. The van der Waals surface area contributed by atoms with Gasteiger partial charge in [0.15, 0.2) is 0 Å². The van der Waals surface area contributed by atoms with Gasteiger partial charge in [-0.05, 0) is 61.7 Å². The Bertz CT molecular complexity index is 445. The molecule has 1 atom stereocenters. The zero-order valence-electron chi connectivity index (χ0n) is 13.4. The smallest absolute Gasteiger partial charge is 0.0473 e. The van der Waals surface area contributed by atoms with Gasteiger partial charge in [-0.1, -0.05) is 44.0 Å². The fourth-order valence-corrected chi connectivity index (χ4v) is 4.01. The SMILES string of the molecule is CCCC1CCN(C(CN)c2ccccc2C2CC2)CC1. The zero-order chi connectivity index (χ0) is 14.7. The van der Waals surface area contributed by atoms with Crippen LogP contribution in [0, 0.1) is 5.92 Å². The summed E-state index contributed by atoms with van der Waals surface area (Å²) in [6.45, 7) is 5.51. The lowest BCUT2D eigenvalue weighted by molar-refractivity contribution is 0.131. The molecule has 1 aromatic carbocycles. The van der Waals surface area contributed by atoms with Crippen molar-refractivity contribution < 1.29 is 0 Å². The van der Waals surface area contributed by atoms with E-state index in [0.29, 0.717) is 6.04 Å². The van der Waals surface area contributed by atoms with Crippen molar-refractivity contribution in [1.29, 1.82) is 0 Å². The second-order valence-corrected chi connectivity index (χ2v) is 6.92. The van der Waals surface area contributed by atoms with E-state index in [9.17, 15) is 0 Å². The van der Waals surface area contributed by atoms with E-state index in [4.69, 9.17) is 5.73 Å². The molecule has 0 bridgehead atoms. The number of hydrogen-bond donors (Lipinski definition) is 1. The van der Waals surface area contributed by atoms with Crippen molar-refractivity contribution in [3.05, 3.63) is 35.4 Å². The normalized spacial score (nSPS) is 22.4. The highest BCUT2D eigenvalue weighted by molar-refractivity contribution is 5.36. The quantitative estimate of drug-likeness (QED) is 0.854. The van der Waals surface area contributed by atoms with Crippen LogP contribution in [0.1, 0.15) is 68.5 Å². The Hall–Kier alpha value is -0.860. The van der Waals surface area contributed by atoms with E-state index >= 15 is 0 Å². The van der Waals surface area contributed by atoms with Gasteiger partial charge in [-0.2, -0.15) is 0 Å². The fourth-order valence-electron chi connectivity index (χ4n) is 4.01. The molecule has 1 saturated heterocycles. The predicted molar refractivity (Wildman–Crippen MR) is 89.4 cm³/mol. The summed E-state index contributed by atoms with van der Waals surface area (Å²) in [6.07, 6.45) is 8.18. The lowest BCUT2D eigenvalue weighted by atomic mass is 9.89. The maximum atomic E-state index is 6.18. The average molecular weight is 286 g/mol. The molecule has 1 aliphatic carbocycles. The third kappa shape index (κ3) is 3.49. The van der Waals surface area contributed by atoms with Gasteiger partial charge in [0.05, 0.1) is 0 Å². The lowest BCUT2D eigenvalue weighted by Crippen LogP contribution is -2.40. The second-order valence-electron chi connectivity index (χ2n) is 6.92. The number of benzene rings is 1. The van der Waals surface area contributed by atoms with Gasteiger partial charge in [0.2, 0.25) is 0 Å². The van der Waals surface area contributed by atoms with E-state index in [-0.39, 0.29) is 0 Å². The Morgan fingerprint density at radius 1 is 1.14 bits per heavy atom. The molecule has 0 radical (unpaired) electrons. The largest absolute Gasteiger partial charge is 0.329 e. The van der Waals surface area contributed by atoms with Gasteiger partial charge in [0.25, 0.3) is 0 Å². The first kappa shape index (κ1) is 15.1. The van der Waals surface area contributed by atoms with E-state index in [0.717, 1.165) is 18.4 Å². The van der Waals surface area contributed by atoms with Crippen LogP contribution in [0.4, 0.5) is 0 Å². The molecular weight excluding hydrogens is 256 g/mol. The number of piperidine rings is 1. The standard InChI is InChI=1S/C19H30N2/c1-2-5-15-10-12-21(13-11-15)19(14-20)18-7-4-3-6-17(18)16-8-9-16/h3-4,6-7,15-16,19H,2,5,8-14,20H2,1H3. The van der Waals surface area contributed by atoms with Gasteiger partial charge in [-0.15, -0.1) is 0 Å². The molecule has 1 aromatic rings. The third-order valence-corrected chi connectivity index (χ3v) is 5.38. The molecule has 2 aliphatic rings. The van der Waals surface area contributed by atoms with E-state index in [1.807, 2.05) is 0 Å². The summed E-state index contributed by atoms with van der Waals surface area (Å²) in [6, 6.07) is 9.47. The highest BCUT2D eigenvalue weighted by atomic mass is 15.2. The van der Waals surface area contributed by atoms with Crippen LogP contribution in [0.5, 0.6) is 0 Å². The van der Waals surface area contributed by atoms with E-state index in [1.165, 1.54) is 57.2 Å². The van der Waals surface area contributed by atoms with Crippen molar-refractivity contribution in [3.63, 3.8) is 0 Å². The van der Waals surface area contributed by atoms with Crippen LogP contribution in [-0.2, 0) is 0 Å². The number of nitrogens with two attached hydrogens (primary N) is 1. The molecule has 2 fully saturated rings. The van der Waals surface area contributed by atoms with Crippen LogP contribution in [0.2, 0.25) is 0 Å². The Balaban J connectivity index is 1.71. The lowest BCUT2D eigenvalue weighted by Gasteiger charge is -2.38. The van der Waals surface area contributed by atoms with Gasteiger partial charge in [0, 0.05) is 12.6 Å². The molecule has 1 unspecified atom stereocenters. The minimum absolute atomic E-state index is 0.435. The zero-order valence-corrected chi connectivity index (χ0v) is 13.4. The van der Waals surface area contributed by atoms with Gasteiger partial charge in [-0.25, -0.2) is 0 Å². The van der Waals surface area contributed by atoms with Crippen LogP contribution >= 0.6 is 0 Å². The van der Waals surface area contributed by atoms with Gasteiger partial charge < -0.3 is 5.73 Å². The molecule has 116 valence electrons. The van der Waals surface area contributed by atoms with Crippen molar-refractivity contribution >= 4 is 0 Å². The van der Waals surface area contributed by atoms with Crippen molar-refractivity contribution in [3.8, 4) is 0 Å². The summed E-state index contributed by atoms with van der Waals surface area (Å²) >= 11 is 0. The summed E-state index contributed by atoms with van der Waals surface area (Å²) in [4.78, 5) is 2.65. The van der Waals surface area contributed by atoms with E-state index in [1.54, 1.807) is 5.56 Å². The Kier molecular flexibility index (Phi) is 4.97. The summed E-state index contributed by atoms with van der Waals surface area (Å²) < 4.78 is 0.